The molecule has 1 aromatic heterocycles. The molecule has 1 heterocycles. The van der Waals surface area contributed by atoms with E-state index in [1.807, 2.05) is 6.07 Å². The number of ketones is 1. The molecule has 0 radical (unpaired) electrons. The first-order valence-corrected chi connectivity index (χ1v) is 7.01. The molecular weight excluding hydrogens is 364 g/mol. The fourth-order valence-electron chi connectivity index (χ4n) is 1.55. The van der Waals surface area contributed by atoms with E-state index in [9.17, 15) is 9.18 Å². The van der Waals surface area contributed by atoms with Gasteiger partial charge >= 0.3 is 0 Å². The van der Waals surface area contributed by atoms with Crippen LogP contribution in [0.25, 0.3) is 0 Å². The number of Topliss-reactive ketones (excluding diaryl/α,β-unsaturated/α-hetero) is 1. The minimum absolute atomic E-state index is 0.247. The summed E-state index contributed by atoms with van der Waals surface area (Å²) in [6.45, 7) is 0. The van der Waals surface area contributed by atoms with Crippen LogP contribution in [0.1, 0.15) is 21.8 Å². The van der Waals surface area contributed by atoms with Crippen LogP contribution >= 0.6 is 33.9 Å². The van der Waals surface area contributed by atoms with Gasteiger partial charge in [0.15, 0.2) is 5.78 Å². The van der Waals surface area contributed by atoms with Crippen molar-refractivity contribution in [3.63, 3.8) is 0 Å². The van der Waals surface area contributed by atoms with Crippen LogP contribution in [0.4, 0.5) is 4.39 Å². The number of halogens is 2. The summed E-state index contributed by atoms with van der Waals surface area (Å²) >= 11 is 3.58. The molecule has 0 spiro atoms. The highest BCUT2D eigenvalue weighted by Crippen LogP contribution is 2.24. The van der Waals surface area contributed by atoms with Crippen molar-refractivity contribution < 1.29 is 9.18 Å². The molecule has 0 fully saturated rings. The SMILES string of the molecule is N#CC(C(=O)c1csc(I)c1)c1ccc(F)cc1. The summed E-state index contributed by atoms with van der Waals surface area (Å²) in [6, 6.07) is 9.18. The maximum absolute atomic E-state index is 12.8. The second kappa shape index (κ2) is 5.59. The molecule has 1 atom stereocenters. The number of nitrogens with zero attached hydrogens (tertiary/aromatic N) is 1. The average Bonchev–Trinajstić information content (AvgIpc) is 2.79. The number of carbonyl (C=O) groups is 1. The number of hydrogen-bond acceptors (Lipinski definition) is 3. The van der Waals surface area contributed by atoms with Gasteiger partial charge in [-0.3, -0.25) is 4.79 Å². The highest BCUT2D eigenvalue weighted by Gasteiger charge is 2.22. The molecule has 0 saturated carbocycles. The zero-order chi connectivity index (χ0) is 13.1. The minimum Gasteiger partial charge on any atom is -0.292 e. The fraction of sp³-hybridized carbons (Fsp3) is 0.0769. The molecule has 1 aromatic carbocycles. The summed E-state index contributed by atoms with van der Waals surface area (Å²) in [4.78, 5) is 12.2. The molecule has 0 aliphatic heterocycles. The van der Waals surface area contributed by atoms with E-state index in [1.165, 1.54) is 35.6 Å². The van der Waals surface area contributed by atoms with Gasteiger partial charge in [-0.05, 0) is 46.4 Å². The number of thiophene rings is 1. The second-order valence-electron chi connectivity index (χ2n) is 3.62. The smallest absolute Gasteiger partial charge is 0.185 e. The number of benzene rings is 1. The molecule has 1 unspecified atom stereocenters. The Morgan fingerprint density at radius 2 is 2.06 bits per heavy atom. The highest BCUT2D eigenvalue weighted by molar-refractivity contribution is 14.1. The van der Waals surface area contributed by atoms with E-state index in [0.717, 1.165) is 2.88 Å². The Morgan fingerprint density at radius 3 is 2.56 bits per heavy atom. The van der Waals surface area contributed by atoms with Crippen LogP contribution in [0.5, 0.6) is 0 Å². The lowest BCUT2D eigenvalue weighted by Gasteiger charge is -2.06. The third-order valence-corrected chi connectivity index (χ3v) is 4.24. The summed E-state index contributed by atoms with van der Waals surface area (Å²) < 4.78 is 13.8. The standard InChI is InChI=1S/C13H7FINOS/c14-10-3-1-8(2-4-10)11(6-16)13(17)9-5-12(15)18-7-9/h1-5,7,11H. The van der Waals surface area contributed by atoms with Gasteiger partial charge in [-0.25, -0.2) is 4.39 Å². The Labute approximate surface area is 121 Å². The molecule has 5 heteroatoms. The van der Waals surface area contributed by atoms with Crippen molar-refractivity contribution in [2.75, 3.05) is 0 Å². The van der Waals surface area contributed by atoms with Gasteiger partial charge in [-0.1, -0.05) is 12.1 Å². The molecule has 2 aromatic rings. The van der Waals surface area contributed by atoms with Crippen molar-refractivity contribution in [2.45, 2.75) is 5.92 Å². The van der Waals surface area contributed by atoms with Crippen molar-refractivity contribution in [1.29, 1.82) is 5.26 Å². The number of rotatable bonds is 3. The largest absolute Gasteiger partial charge is 0.292 e. The summed E-state index contributed by atoms with van der Waals surface area (Å²) in [5.74, 6) is -1.51. The van der Waals surface area contributed by atoms with E-state index in [4.69, 9.17) is 5.26 Å². The van der Waals surface area contributed by atoms with E-state index >= 15 is 0 Å². The first-order chi connectivity index (χ1) is 8.61. The third-order valence-electron chi connectivity index (χ3n) is 2.45. The van der Waals surface area contributed by atoms with Gasteiger partial charge in [0.1, 0.15) is 11.7 Å². The Kier molecular flexibility index (Phi) is 4.09. The van der Waals surface area contributed by atoms with Crippen molar-refractivity contribution in [3.05, 3.63) is 55.5 Å². The normalized spacial score (nSPS) is 11.8. The molecule has 2 rings (SSSR count). The van der Waals surface area contributed by atoms with E-state index < -0.39 is 5.92 Å². The van der Waals surface area contributed by atoms with Crippen LogP contribution < -0.4 is 0 Å². The third kappa shape index (κ3) is 2.76. The van der Waals surface area contributed by atoms with Crippen LogP contribution in [0.15, 0.2) is 35.7 Å². The molecule has 2 nitrogen and oxygen atoms in total. The lowest BCUT2D eigenvalue weighted by Crippen LogP contribution is -2.10. The highest BCUT2D eigenvalue weighted by atomic mass is 127. The number of carbonyl (C=O) groups excluding carboxylic acids is 1. The van der Waals surface area contributed by atoms with Gasteiger partial charge < -0.3 is 0 Å². The van der Waals surface area contributed by atoms with Crippen LogP contribution in [-0.4, -0.2) is 5.78 Å². The monoisotopic (exact) mass is 371 g/mol. The quantitative estimate of drug-likeness (QED) is 0.605. The molecule has 0 saturated heterocycles. The molecule has 0 aliphatic rings. The molecule has 0 N–H and O–H groups in total. The Morgan fingerprint density at radius 1 is 1.39 bits per heavy atom. The van der Waals surface area contributed by atoms with Crippen LogP contribution in [-0.2, 0) is 0 Å². The summed E-state index contributed by atoms with van der Waals surface area (Å²) in [7, 11) is 0. The summed E-state index contributed by atoms with van der Waals surface area (Å²) in [5.41, 5.74) is 1.05. The summed E-state index contributed by atoms with van der Waals surface area (Å²) in [6.07, 6.45) is 0. The van der Waals surface area contributed by atoms with E-state index in [0.29, 0.717) is 11.1 Å². The minimum atomic E-state index is -0.879. The zero-order valence-electron chi connectivity index (χ0n) is 9.06. The Balaban J connectivity index is 2.32. The maximum atomic E-state index is 12.8. The van der Waals surface area contributed by atoms with Crippen LogP contribution in [0, 0.1) is 20.0 Å². The second-order valence-corrected chi connectivity index (χ2v) is 6.42. The molecule has 90 valence electrons. The lowest BCUT2D eigenvalue weighted by atomic mass is 9.93. The van der Waals surface area contributed by atoms with Crippen molar-refractivity contribution in [1.82, 2.24) is 0 Å². The first-order valence-electron chi connectivity index (χ1n) is 5.05. The average molecular weight is 371 g/mol. The van der Waals surface area contributed by atoms with E-state index in [1.54, 1.807) is 11.4 Å². The lowest BCUT2D eigenvalue weighted by molar-refractivity contribution is 0.0979. The van der Waals surface area contributed by atoms with Gasteiger partial charge in [-0.2, -0.15) is 5.26 Å². The Hall–Kier alpha value is -1.26. The number of hydrogen-bond donors (Lipinski definition) is 0. The molecule has 0 bridgehead atoms. The van der Waals surface area contributed by atoms with Crippen molar-refractivity contribution >= 4 is 39.7 Å². The predicted octanol–water partition coefficient (Wildman–Crippen LogP) is 3.98. The summed E-state index contributed by atoms with van der Waals surface area (Å²) in [5, 5.41) is 10.9. The number of nitriles is 1. The van der Waals surface area contributed by atoms with Gasteiger partial charge in [0.2, 0.25) is 0 Å². The predicted molar refractivity (Wildman–Crippen MR) is 76.1 cm³/mol. The fourth-order valence-corrected chi connectivity index (χ4v) is 2.88. The van der Waals surface area contributed by atoms with Gasteiger partial charge in [0.05, 0.1) is 8.95 Å². The van der Waals surface area contributed by atoms with Gasteiger partial charge in [-0.15, -0.1) is 11.3 Å². The Bertz CT molecular complexity index is 615. The molecule has 0 amide bonds. The maximum Gasteiger partial charge on any atom is 0.185 e. The first kappa shape index (κ1) is 13.2. The van der Waals surface area contributed by atoms with E-state index in [2.05, 4.69) is 22.6 Å². The van der Waals surface area contributed by atoms with Crippen LogP contribution in [0.2, 0.25) is 0 Å². The van der Waals surface area contributed by atoms with Gasteiger partial charge in [0.25, 0.3) is 0 Å². The van der Waals surface area contributed by atoms with Crippen molar-refractivity contribution in [3.8, 4) is 6.07 Å². The van der Waals surface area contributed by atoms with Gasteiger partial charge in [0, 0.05) is 10.9 Å². The van der Waals surface area contributed by atoms with E-state index in [-0.39, 0.29) is 11.6 Å². The topological polar surface area (TPSA) is 40.9 Å². The zero-order valence-corrected chi connectivity index (χ0v) is 12.0. The molecule has 18 heavy (non-hydrogen) atoms. The molecular formula is C13H7FINOS. The van der Waals surface area contributed by atoms with Crippen LogP contribution in [0.3, 0.4) is 0 Å². The van der Waals surface area contributed by atoms with Crippen molar-refractivity contribution in [2.24, 2.45) is 0 Å². The molecule has 0 aliphatic carbocycles.